The number of rotatable bonds is 9. The van der Waals surface area contributed by atoms with E-state index in [4.69, 9.17) is 9.47 Å². The number of halogens is 4. The molecule has 0 saturated heterocycles. The highest BCUT2D eigenvalue weighted by molar-refractivity contribution is 14.0. The second-order valence-corrected chi connectivity index (χ2v) is 4.83. The zero-order valence-corrected chi connectivity index (χ0v) is 16.7. The van der Waals surface area contributed by atoms with Crippen molar-refractivity contribution >= 4 is 29.9 Å². The number of guanidine groups is 1. The molecule has 2 N–H and O–H groups in total. The summed E-state index contributed by atoms with van der Waals surface area (Å²) in [6.07, 6.45) is -4.37. The molecule has 0 heterocycles. The van der Waals surface area contributed by atoms with Gasteiger partial charge < -0.3 is 20.1 Å². The first-order valence-corrected chi connectivity index (χ1v) is 7.83. The van der Waals surface area contributed by atoms with E-state index in [9.17, 15) is 13.2 Å². The van der Waals surface area contributed by atoms with Crippen molar-refractivity contribution in [1.29, 1.82) is 0 Å². The van der Waals surface area contributed by atoms with Gasteiger partial charge in [0, 0.05) is 25.3 Å². The summed E-state index contributed by atoms with van der Waals surface area (Å²) in [6, 6.07) is 6.57. The Hall–Kier alpha value is -1.23. The molecular formula is C16H25F3IN3O2. The number of hydrogen-bond acceptors (Lipinski definition) is 3. The van der Waals surface area contributed by atoms with Gasteiger partial charge >= 0.3 is 6.18 Å². The molecule has 0 amide bonds. The molecule has 25 heavy (non-hydrogen) atoms. The minimum absolute atomic E-state index is 0. The van der Waals surface area contributed by atoms with Crippen molar-refractivity contribution in [2.45, 2.75) is 26.6 Å². The van der Waals surface area contributed by atoms with Crippen LogP contribution in [0, 0.1) is 0 Å². The number of para-hydroxylation sites is 1. The van der Waals surface area contributed by atoms with Crippen molar-refractivity contribution in [1.82, 2.24) is 10.6 Å². The van der Waals surface area contributed by atoms with Crippen LogP contribution in [0.3, 0.4) is 0 Å². The minimum atomic E-state index is -4.37. The molecule has 9 heteroatoms. The van der Waals surface area contributed by atoms with Crippen molar-refractivity contribution in [2.75, 3.05) is 32.9 Å². The van der Waals surface area contributed by atoms with Gasteiger partial charge in [0.25, 0.3) is 0 Å². The highest BCUT2D eigenvalue weighted by atomic mass is 127. The molecule has 5 nitrogen and oxygen atoms in total. The van der Waals surface area contributed by atoms with Crippen molar-refractivity contribution < 1.29 is 22.6 Å². The van der Waals surface area contributed by atoms with Crippen LogP contribution in [0.4, 0.5) is 13.2 Å². The van der Waals surface area contributed by atoms with Crippen molar-refractivity contribution in [3.8, 4) is 5.75 Å². The predicted molar refractivity (Wildman–Crippen MR) is 103 cm³/mol. The van der Waals surface area contributed by atoms with Crippen LogP contribution in [0.5, 0.6) is 5.75 Å². The first-order valence-electron chi connectivity index (χ1n) is 7.83. The maximum absolute atomic E-state index is 12.3. The molecule has 0 radical (unpaired) electrons. The molecular weight excluding hydrogens is 450 g/mol. The van der Waals surface area contributed by atoms with E-state index in [-0.39, 0.29) is 36.3 Å². The third-order valence-corrected chi connectivity index (χ3v) is 2.86. The molecule has 0 fully saturated rings. The lowest BCUT2D eigenvalue weighted by molar-refractivity contribution is -0.153. The summed E-state index contributed by atoms with van der Waals surface area (Å²) < 4.78 is 47.0. The van der Waals surface area contributed by atoms with Gasteiger partial charge in [-0.15, -0.1) is 24.0 Å². The van der Waals surface area contributed by atoms with Crippen molar-refractivity contribution in [3.05, 3.63) is 29.8 Å². The third-order valence-electron chi connectivity index (χ3n) is 2.86. The van der Waals surface area contributed by atoms with E-state index in [1.165, 1.54) is 6.07 Å². The van der Waals surface area contributed by atoms with Crippen LogP contribution in [0.15, 0.2) is 29.3 Å². The zero-order valence-electron chi connectivity index (χ0n) is 14.4. The lowest BCUT2D eigenvalue weighted by Crippen LogP contribution is -2.39. The maximum atomic E-state index is 12.3. The molecule has 0 aliphatic rings. The van der Waals surface area contributed by atoms with Crippen LogP contribution in [0.2, 0.25) is 0 Å². The van der Waals surface area contributed by atoms with E-state index < -0.39 is 12.8 Å². The minimum Gasteiger partial charge on any atom is -0.484 e. The average Bonchev–Trinajstić information content (AvgIpc) is 2.54. The van der Waals surface area contributed by atoms with Crippen LogP contribution < -0.4 is 15.4 Å². The fourth-order valence-corrected chi connectivity index (χ4v) is 1.83. The Labute approximate surface area is 163 Å². The molecule has 0 aromatic heterocycles. The number of alkyl halides is 3. The van der Waals surface area contributed by atoms with Crippen LogP contribution in [-0.2, 0) is 11.3 Å². The van der Waals surface area contributed by atoms with E-state index >= 15 is 0 Å². The number of hydrogen-bond donors (Lipinski definition) is 2. The molecule has 1 aromatic rings. The number of ether oxygens (including phenoxy) is 2. The van der Waals surface area contributed by atoms with E-state index in [0.29, 0.717) is 37.8 Å². The molecule has 0 bridgehead atoms. The SMILES string of the molecule is CCNC(=NCc1ccccc1OCC(F)(F)F)NCCOCC.I. The molecule has 0 saturated carbocycles. The number of nitrogens with zero attached hydrogens (tertiary/aromatic N) is 1. The van der Waals surface area contributed by atoms with Crippen LogP contribution in [0.1, 0.15) is 19.4 Å². The molecule has 0 spiro atoms. The molecule has 0 unspecified atom stereocenters. The molecule has 0 aliphatic heterocycles. The lowest BCUT2D eigenvalue weighted by Gasteiger charge is -2.14. The Morgan fingerprint density at radius 2 is 1.88 bits per heavy atom. The summed E-state index contributed by atoms with van der Waals surface area (Å²) in [7, 11) is 0. The highest BCUT2D eigenvalue weighted by Gasteiger charge is 2.28. The summed E-state index contributed by atoms with van der Waals surface area (Å²) in [4.78, 5) is 4.36. The normalized spacial score (nSPS) is 11.6. The fourth-order valence-electron chi connectivity index (χ4n) is 1.83. The topological polar surface area (TPSA) is 54.9 Å². The van der Waals surface area contributed by atoms with Gasteiger partial charge in [0.2, 0.25) is 0 Å². The molecule has 0 aliphatic carbocycles. The Balaban J connectivity index is 0.00000576. The highest BCUT2D eigenvalue weighted by Crippen LogP contribution is 2.22. The number of nitrogens with one attached hydrogen (secondary N) is 2. The summed E-state index contributed by atoms with van der Waals surface area (Å²) in [5.41, 5.74) is 0.587. The van der Waals surface area contributed by atoms with E-state index in [1.54, 1.807) is 18.2 Å². The van der Waals surface area contributed by atoms with Crippen LogP contribution in [-0.4, -0.2) is 45.0 Å². The summed E-state index contributed by atoms with van der Waals surface area (Å²) in [6.45, 7) is 5.18. The van der Waals surface area contributed by atoms with Gasteiger partial charge in [0.15, 0.2) is 12.6 Å². The Kier molecular flexibility index (Phi) is 12.4. The molecule has 144 valence electrons. The van der Waals surface area contributed by atoms with Gasteiger partial charge in [-0.25, -0.2) is 4.99 Å². The summed E-state index contributed by atoms with van der Waals surface area (Å²) >= 11 is 0. The Morgan fingerprint density at radius 1 is 1.16 bits per heavy atom. The maximum Gasteiger partial charge on any atom is 0.422 e. The first kappa shape index (κ1) is 23.8. The van der Waals surface area contributed by atoms with Gasteiger partial charge in [0.05, 0.1) is 13.2 Å². The Morgan fingerprint density at radius 3 is 2.52 bits per heavy atom. The monoisotopic (exact) mass is 475 g/mol. The van der Waals surface area contributed by atoms with Gasteiger partial charge in [-0.3, -0.25) is 0 Å². The van der Waals surface area contributed by atoms with Gasteiger partial charge in [-0.1, -0.05) is 18.2 Å². The van der Waals surface area contributed by atoms with Crippen molar-refractivity contribution in [3.63, 3.8) is 0 Å². The van der Waals surface area contributed by atoms with Gasteiger partial charge in [-0.2, -0.15) is 13.2 Å². The standard InChI is InChI=1S/C16H24F3N3O2.HI/c1-3-20-15(21-9-10-23-4-2)22-11-13-7-5-6-8-14(13)24-12-16(17,18)19;/h5-8H,3-4,9-12H2,1-2H3,(H2,20,21,22);1H. The average molecular weight is 475 g/mol. The van der Waals surface area contributed by atoms with Gasteiger partial charge in [0.1, 0.15) is 5.75 Å². The summed E-state index contributed by atoms with van der Waals surface area (Å²) in [5, 5.41) is 6.16. The van der Waals surface area contributed by atoms with E-state index in [1.807, 2.05) is 13.8 Å². The molecule has 0 atom stereocenters. The lowest BCUT2D eigenvalue weighted by atomic mass is 10.2. The predicted octanol–water partition coefficient (Wildman–Crippen LogP) is 3.34. The summed E-state index contributed by atoms with van der Waals surface area (Å²) in [5.74, 6) is 0.756. The molecule has 1 aromatic carbocycles. The first-order chi connectivity index (χ1) is 11.5. The Bertz CT molecular complexity index is 514. The third kappa shape index (κ3) is 11.1. The van der Waals surface area contributed by atoms with E-state index in [2.05, 4.69) is 15.6 Å². The van der Waals surface area contributed by atoms with Crippen molar-refractivity contribution in [2.24, 2.45) is 4.99 Å². The zero-order chi connectivity index (χ0) is 17.8. The van der Waals surface area contributed by atoms with E-state index in [0.717, 1.165) is 0 Å². The van der Waals surface area contributed by atoms with Gasteiger partial charge in [-0.05, 0) is 19.9 Å². The molecule has 1 rings (SSSR count). The smallest absolute Gasteiger partial charge is 0.422 e. The second-order valence-electron chi connectivity index (χ2n) is 4.83. The quantitative estimate of drug-likeness (QED) is 0.249. The van der Waals surface area contributed by atoms with Crippen LogP contribution >= 0.6 is 24.0 Å². The second kappa shape index (κ2) is 13.0. The number of benzene rings is 1. The fraction of sp³-hybridized carbons (Fsp3) is 0.562. The number of aliphatic imine (C=N–C) groups is 1. The van der Waals surface area contributed by atoms with Crippen LogP contribution in [0.25, 0.3) is 0 Å². The largest absolute Gasteiger partial charge is 0.484 e.